The molecule has 0 amide bonds. The van der Waals surface area contributed by atoms with Crippen molar-refractivity contribution in [2.75, 3.05) is 26.6 Å². The highest BCUT2D eigenvalue weighted by Crippen LogP contribution is 2.20. The number of carbonyl (C=O) groups is 1. The Morgan fingerprint density at radius 3 is 2.47 bits per heavy atom. The zero-order valence-electron chi connectivity index (χ0n) is 9.74. The standard InChI is InChI=1S/C10H16BF3NO2/c1-17-10(16)3-2-9-4-6-15(7-5-9)8-11(12,13)14/h2-3,9H,4-8H2,1H3/q-1/b3-2+. The van der Waals surface area contributed by atoms with Crippen LogP contribution in [0.4, 0.5) is 12.9 Å². The SMILES string of the molecule is COC(=O)/C=C/C1CCN(C[B-](F)(F)F)CC1. The average Bonchev–Trinajstić information content (AvgIpc) is 2.25. The number of hydrogen-bond donors (Lipinski definition) is 0. The van der Waals surface area contributed by atoms with Crippen LogP contribution in [0.5, 0.6) is 0 Å². The Morgan fingerprint density at radius 2 is 2.00 bits per heavy atom. The molecule has 0 N–H and O–H groups in total. The summed E-state index contributed by atoms with van der Waals surface area (Å²) in [5.74, 6) is -0.253. The largest absolute Gasteiger partial charge is 0.492 e. The third kappa shape index (κ3) is 5.77. The highest BCUT2D eigenvalue weighted by Gasteiger charge is 2.28. The Hall–Kier alpha value is -0.975. The molecule has 1 aliphatic rings. The predicted molar refractivity (Wildman–Crippen MR) is 59.4 cm³/mol. The fourth-order valence-corrected chi connectivity index (χ4v) is 1.90. The molecule has 0 aromatic rings. The smallest absolute Gasteiger partial charge is 0.466 e. The van der Waals surface area contributed by atoms with Gasteiger partial charge in [-0.15, -0.1) is 0 Å². The summed E-state index contributed by atoms with van der Waals surface area (Å²) in [5.41, 5.74) is 0. The van der Waals surface area contributed by atoms with E-state index in [1.165, 1.54) is 18.1 Å². The van der Waals surface area contributed by atoms with Crippen molar-refractivity contribution < 1.29 is 22.5 Å². The van der Waals surface area contributed by atoms with Crippen molar-refractivity contribution in [3.05, 3.63) is 12.2 Å². The molecule has 7 heteroatoms. The summed E-state index contributed by atoms with van der Waals surface area (Å²) in [7, 11) is 1.29. The van der Waals surface area contributed by atoms with Crippen LogP contribution in [0.2, 0.25) is 0 Å². The summed E-state index contributed by atoms with van der Waals surface area (Å²) in [6, 6.07) is 0. The molecule has 0 atom stereocenters. The molecule has 0 bridgehead atoms. The van der Waals surface area contributed by atoms with Crippen molar-refractivity contribution in [3.63, 3.8) is 0 Å². The lowest BCUT2D eigenvalue weighted by molar-refractivity contribution is -0.134. The van der Waals surface area contributed by atoms with Crippen molar-refractivity contribution in [2.24, 2.45) is 5.92 Å². The minimum Gasteiger partial charge on any atom is -0.466 e. The lowest BCUT2D eigenvalue weighted by atomic mass is 9.88. The number of carbonyl (C=O) groups excluding carboxylic acids is 1. The molecule has 1 heterocycles. The van der Waals surface area contributed by atoms with Crippen LogP contribution in [-0.2, 0) is 9.53 Å². The van der Waals surface area contributed by atoms with E-state index in [9.17, 15) is 17.7 Å². The molecule has 0 radical (unpaired) electrons. The maximum absolute atomic E-state index is 12.2. The van der Waals surface area contributed by atoms with Gasteiger partial charge >= 0.3 is 12.9 Å². The Morgan fingerprint density at radius 1 is 1.41 bits per heavy atom. The molecule has 1 aliphatic heterocycles. The van der Waals surface area contributed by atoms with Crippen LogP contribution in [0.1, 0.15) is 12.8 Å². The number of piperidine rings is 1. The van der Waals surface area contributed by atoms with E-state index in [4.69, 9.17) is 0 Å². The van der Waals surface area contributed by atoms with Crippen LogP contribution >= 0.6 is 0 Å². The number of methoxy groups -OCH3 is 1. The first-order valence-corrected chi connectivity index (χ1v) is 5.60. The highest BCUT2D eigenvalue weighted by atomic mass is 19.4. The Kier molecular flexibility index (Phi) is 5.05. The summed E-state index contributed by atoms with van der Waals surface area (Å²) in [6.07, 6.45) is 3.59. The van der Waals surface area contributed by atoms with E-state index in [2.05, 4.69) is 4.74 Å². The normalized spacial score (nSPS) is 19.8. The maximum Gasteiger partial charge on any atom is 0.492 e. The summed E-state index contributed by atoms with van der Waals surface area (Å²) < 4.78 is 41.0. The van der Waals surface area contributed by atoms with Crippen LogP contribution in [0.25, 0.3) is 0 Å². The first kappa shape index (κ1) is 14.1. The zero-order chi connectivity index (χ0) is 12.9. The van der Waals surface area contributed by atoms with Gasteiger partial charge in [0, 0.05) is 6.08 Å². The Bertz CT molecular complexity index is 286. The van der Waals surface area contributed by atoms with Gasteiger partial charge in [-0.3, -0.25) is 0 Å². The fourth-order valence-electron chi connectivity index (χ4n) is 1.90. The van der Waals surface area contributed by atoms with E-state index in [0.29, 0.717) is 25.9 Å². The van der Waals surface area contributed by atoms with Crippen molar-refractivity contribution in [1.29, 1.82) is 0 Å². The fraction of sp³-hybridized carbons (Fsp3) is 0.700. The molecule has 1 fully saturated rings. The molecule has 17 heavy (non-hydrogen) atoms. The van der Waals surface area contributed by atoms with Gasteiger partial charge in [-0.05, 0) is 38.3 Å². The lowest BCUT2D eigenvalue weighted by Gasteiger charge is -2.33. The summed E-state index contributed by atoms with van der Waals surface area (Å²) >= 11 is 0. The molecular weight excluding hydrogens is 234 g/mol. The first-order valence-electron chi connectivity index (χ1n) is 5.60. The number of halogens is 3. The minimum absolute atomic E-state index is 0.172. The van der Waals surface area contributed by atoms with Crippen LogP contribution in [-0.4, -0.2) is 44.5 Å². The summed E-state index contributed by atoms with van der Waals surface area (Å²) in [6.45, 7) is -3.88. The number of allylic oxidation sites excluding steroid dienone is 1. The number of ether oxygens (including phenoxy) is 1. The van der Waals surface area contributed by atoms with Gasteiger partial charge in [0.25, 0.3) is 0 Å². The van der Waals surface area contributed by atoms with Crippen molar-refractivity contribution in [3.8, 4) is 0 Å². The van der Waals surface area contributed by atoms with Crippen molar-refractivity contribution >= 4 is 12.9 Å². The van der Waals surface area contributed by atoms with E-state index in [1.807, 2.05) is 0 Å². The van der Waals surface area contributed by atoms with Gasteiger partial charge in [-0.2, -0.15) is 0 Å². The quantitative estimate of drug-likeness (QED) is 0.433. The van der Waals surface area contributed by atoms with Crippen molar-refractivity contribution in [1.82, 2.24) is 4.90 Å². The molecule has 0 aromatic heterocycles. The molecule has 3 nitrogen and oxygen atoms in total. The van der Waals surface area contributed by atoms with Gasteiger partial charge in [0.2, 0.25) is 0 Å². The topological polar surface area (TPSA) is 29.5 Å². The third-order valence-electron chi connectivity index (χ3n) is 2.80. The van der Waals surface area contributed by atoms with Crippen molar-refractivity contribution in [2.45, 2.75) is 12.8 Å². The van der Waals surface area contributed by atoms with Crippen LogP contribution in [0, 0.1) is 5.92 Å². The molecule has 0 saturated carbocycles. The second kappa shape index (κ2) is 6.09. The number of hydrogen-bond acceptors (Lipinski definition) is 3. The van der Waals surface area contributed by atoms with E-state index in [1.54, 1.807) is 6.08 Å². The molecule has 0 unspecified atom stereocenters. The maximum atomic E-state index is 12.2. The number of esters is 1. The number of nitrogens with zero attached hydrogens (tertiary/aromatic N) is 1. The van der Waals surface area contributed by atoms with E-state index in [0.717, 1.165) is 0 Å². The minimum atomic E-state index is -4.74. The van der Waals surface area contributed by atoms with E-state index < -0.39 is 19.4 Å². The molecule has 0 aliphatic carbocycles. The Labute approximate surface area is 98.7 Å². The van der Waals surface area contributed by atoms with Gasteiger partial charge in [0.05, 0.1) is 7.11 Å². The molecule has 98 valence electrons. The van der Waals surface area contributed by atoms with Crippen LogP contribution < -0.4 is 0 Å². The predicted octanol–water partition coefficient (Wildman–Crippen LogP) is 1.81. The zero-order valence-corrected chi connectivity index (χ0v) is 9.74. The number of rotatable bonds is 4. The van der Waals surface area contributed by atoms with Gasteiger partial charge in [0.15, 0.2) is 0 Å². The van der Waals surface area contributed by atoms with Gasteiger partial charge in [0.1, 0.15) is 0 Å². The highest BCUT2D eigenvalue weighted by molar-refractivity contribution is 6.58. The van der Waals surface area contributed by atoms with Gasteiger partial charge in [-0.25, -0.2) is 4.79 Å². The van der Waals surface area contributed by atoms with Gasteiger partial charge in [-0.1, -0.05) is 6.08 Å². The molecule has 1 saturated heterocycles. The van der Waals surface area contributed by atoms with E-state index >= 15 is 0 Å². The second-order valence-corrected chi connectivity index (χ2v) is 4.23. The average molecular weight is 250 g/mol. The van der Waals surface area contributed by atoms with Gasteiger partial charge < -0.3 is 22.6 Å². The van der Waals surface area contributed by atoms with Crippen LogP contribution in [0.3, 0.4) is 0 Å². The molecule has 0 spiro atoms. The lowest BCUT2D eigenvalue weighted by Crippen LogP contribution is -2.42. The summed E-state index contributed by atoms with van der Waals surface area (Å²) in [4.78, 5) is 12.3. The summed E-state index contributed by atoms with van der Waals surface area (Å²) in [5, 5.41) is 0. The van der Waals surface area contributed by atoms with E-state index in [-0.39, 0.29) is 5.92 Å². The Balaban J connectivity index is 2.31. The third-order valence-corrected chi connectivity index (χ3v) is 2.80. The van der Waals surface area contributed by atoms with Crippen LogP contribution in [0.15, 0.2) is 12.2 Å². The number of likely N-dealkylation sites (tertiary alicyclic amines) is 1. The monoisotopic (exact) mass is 250 g/mol. The molecule has 1 rings (SSSR count). The molecular formula is C10H16BF3NO2-. The second-order valence-electron chi connectivity index (χ2n) is 4.23. The molecule has 0 aromatic carbocycles. The first-order chi connectivity index (χ1) is 7.90.